The Kier molecular flexibility index (Phi) is 4.46. The normalized spacial score (nSPS) is 12.3. The first-order valence-corrected chi connectivity index (χ1v) is 8.32. The van der Waals surface area contributed by atoms with Crippen molar-refractivity contribution in [3.63, 3.8) is 0 Å². The quantitative estimate of drug-likeness (QED) is 0.675. The topological polar surface area (TPSA) is 101 Å². The number of benzene rings is 1. The molecule has 0 aliphatic rings. The molecular weight excluding hydrogens is 324 g/mol. The molecule has 0 bridgehead atoms. The zero-order chi connectivity index (χ0) is 17.3. The standard InChI is InChI=1S/C17H18N4O2S/c1-9-13-15(18)19-10(2)20-17(13)24-14(9)16(23)21-12(8-22)11-6-4-3-5-7-11/h3-7,12,22H,8H2,1-2H3,(H,21,23)(H2,18,19,20). The third-order valence-electron chi connectivity index (χ3n) is 3.83. The summed E-state index contributed by atoms with van der Waals surface area (Å²) in [5.41, 5.74) is 7.58. The summed E-state index contributed by atoms with van der Waals surface area (Å²) in [6.45, 7) is 3.42. The van der Waals surface area contributed by atoms with Gasteiger partial charge in [-0.1, -0.05) is 30.3 Å². The number of anilines is 1. The molecule has 4 N–H and O–H groups in total. The van der Waals surface area contributed by atoms with Crippen molar-refractivity contribution in [3.8, 4) is 0 Å². The number of thiophene rings is 1. The highest BCUT2D eigenvalue weighted by Crippen LogP contribution is 2.32. The summed E-state index contributed by atoms with van der Waals surface area (Å²) in [5.74, 6) is 0.702. The fraction of sp³-hybridized carbons (Fsp3) is 0.235. The monoisotopic (exact) mass is 342 g/mol. The molecule has 0 aliphatic carbocycles. The zero-order valence-corrected chi connectivity index (χ0v) is 14.2. The van der Waals surface area contributed by atoms with E-state index in [4.69, 9.17) is 5.73 Å². The molecule has 124 valence electrons. The van der Waals surface area contributed by atoms with Crippen LogP contribution in [0, 0.1) is 13.8 Å². The number of nitrogens with two attached hydrogens (primary N) is 1. The largest absolute Gasteiger partial charge is 0.394 e. The van der Waals surface area contributed by atoms with Crippen molar-refractivity contribution >= 4 is 33.3 Å². The molecule has 2 heterocycles. The first-order valence-electron chi connectivity index (χ1n) is 7.51. The minimum absolute atomic E-state index is 0.180. The lowest BCUT2D eigenvalue weighted by molar-refractivity contribution is 0.0920. The lowest BCUT2D eigenvalue weighted by Gasteiger charge is -2.16. The van der Waals surface area contributed by atoms with Gasteiger partial charge in [-0.25, -0.2) is 9.97 Å². The van der Waals surface area contributed by atoms with Gasteiger partial charge in [-0.3, -0.25) is 4.79 Å². The maximum absolute atomic E-state index is 12.7. The highest BCUT2D eigenvalue weighted by atomic mass is 32.1. The van der Waals surface area contributed by atoms with Crippen LogP contribution in [0.2, 0.25) is 0 Å². The summed E-state index contributed by atoms with van der Waals surface area (Å²) in [5, 5.41) is 13.2. The minimum atomic E-state index is -0.464. The number of nitrogens with zero attached hydrogens (tertiary/aromatic N) is 2. The molecule has 0 aliphatic heterocycles. The number of nitrogen functional groups attached to an aromatic ring is 1. The predicted molar refractivity (Wildman–Crippen MR) is 95.0 cm³/mol. The smallest absolute Gasteiger partial charge is 0.262 e. The Balaban J connectivity index is 1.94. The summed E-state index contributed by atoms with van der Waals surface area (Å²) in [6, 6.07) is 8.90. The SMILES string of the molecule is Cc1nc(N)c2c(C)c(C(=O)NC(CO)c3ccccc3)sc2n1. The van der Waals surface area contributed by atoms with Crippen molar-refractivity contribution in [2.75, 3.05) is 12.3 Å². The molecule has 0 saturated carbocycles. The average Bonchev–Trinajstić information content (AvgIpc) is 2.90. The maximum atomic E-state index is 12.7. The number of fused-ring (bicyclic) bond motifs is 1. The molecule has 0 spiro atoms. The van der Waals surface area contributed by atoms with E-state index in [1.54, 1.807) is 6.92 Å². The Morgan fingerprint density at radius 3 is 2.67 bits per heavy atom. The van der Waals surface area contributed by atoms with E-state index in [2.05, 4.69) is 15.3 Å². The molecule has 3 rings (SSSR count). The van der Waals surface area contributed by atoms with Gasteiger partial charge in [0.15, 0.2) is 0 Å². The number of aryl methyl sites for hydroxylation is 2. The molecule has 3 aromatic rings. The van der Waals surface area contributed by atoms with Crippen LogP contribution in [0.1, 0.15) is 32.7 Å². The number of amides is 1. The van der Waals surface area contributed by atoms with E-state index in [-0.39, 0.29) is 12.5 Å². The molecule has 1 atom stereocenters. The second-order valence-corrected chi connectivity index (χ2v) is 6.51. The van der Waals surface area contributed by atoms with Gasteiger partial charge in [0.25, 0.3) is 5.91 Å². The number of rotatable bonds is 4. The molecule has 0 fully saturated rings. The maximum Gasteiger partial charge on any atom is 0.262 e. The number of nitrogens with one attached hydrogen (secondary N) is 1. The molecule has 24 heavy (non-hydrogen) atoms. The Hall–Kier alpha value is -2.51. The number of hydrogen-bond donors (Lipinski definition) is 3. The molecule has 0 saturated heterocycles. The second kappa shape index (κ2) is 6.54. The van der Waals surface area contributed by atoms with Gasteiger partial charge in [-0.2, -0.15) is 0 Å². The van der Waals surface area contributed by atoms with E-state index in [1.165, 1.54) is 11.3 Å². The minimum Gasteiger partial charge on any atom is -0.394 e. The fourth-order valence-corrected chi connectivity index (χ4v) is 3.78. The van der Waals surface area contributed by atoms with Crippen LogP contribution in [-0.4, -0.2) is 27.6 Å². The van der Waals surface area contributed by atoms with Crippen molar-refractivity contribution in [3.05, 3.63) is 52.2 Å². The number of hydrogen-bond acceptors (Lipinski definition) is 6. The van der Waals surface area contributed by atoms with Gasteiger partial charge in [0.2, 0.25) is 0 Å². The second-order valence-electron chi connectivity index (χ2n) is 5.51. The summed E-state index contributed by atoms with van der Waals surface area (Å²) >= 11 is 1.28. The van der Waals surface area contributed by atoms with Gasteiger partial charge >= 0.3 is 0 Å². The van der Waals surface area contributed by atoms with Gasteiger partial charge in [-0.15, -0.1) is 11.3 Å². The molecule has 0 radical (unpaired) electrons. The lowest BCUT2D eigenvalue weighted by atomic mass is 10.1. The molecular formula is C17H18N4O2S. The van der Waals surface area contributed by atoms with Gasteiger partial charge in [0.1, 0.15) is 16.5 Å². The van der Waals surface area contributed by atoms with Crippen molar-refractivity contribution < 1.29 is 9.90 Å². The lowest BCUT2D eigenvalue weighted by Crippen LogP contribution is -2.30. The van der Waals surface area contributed by atoms with Gasteiger partial charge < -0.3 is 16.2 Å². The molecule has 6 nitrogen and oxygen atoms in total. The van der Waals surface area contributed by atoms with Crippen LogP contribution in [0.25, 0.3) is 10.2 Å². The first-order chi connectivity index (χ1) is 11.5. The van der Waals surface area contributed by atoms with Gasteiger partial charge in [0.05, 0.1) is 22.9 Å². The van der Waals surface area contributed by atoms with E-state index >= 15 is 0 Å². The third-order valence-corrected chi connectivity index (χ3v) is 5.01. The van der Waals surface area contributed by atoms with Crippen LogP contribution in [0.15, 0.2) is 30.3 Å². The van der Waals surface area contributed by atoms with Crippen molar-refractivity contribution in [2.24, 2.45) is 0 Å². The summed E-state index contributed by atoms with van der Waals surface area (Å²) in [6.07, 6.45) is 0. The van der Waals surface area contributed by atoms with Crippen LogP contribution in [0.3, 0.4) is 0 Å². The van der Waals surface area contributed by atoms with Crippen LogP contribution in [0.5, 0.6) is 0 Å². The van der Waals surface area contributed by atoms with Crippen molar-refractivity contribution in [1.82, 2.24) is 15.3 Å². The van der Waals surface area contributed by atoms with Gasteiger partial charge in [-0.05, 0) is 25.0 Å². The highest BCUT2D eigenvalue weighted by molar-refractivity contribution is 7.20. The average molecular weight is 342 g/mol. The zero-order valence-electron chi connectivity index (χ0n) is 13.4. The van der Waals surface area contributed by atoms with Crippen LogP contribution >= 0.6 is 11.3 Å². The number of aromatic nitrogens is 2. The first kappa shape index (κ1) is 16.4. The van der Waals surface area contributed by atoms with E-state index in [9.17, 15) is 9.90 Å². The highest BCUT2D eigenvalue weighted by Gasteiger charge is 2.21. The van der Waals surface area contributed by atoms with E-state index < -0.39 is 6.04 Å². The van der Waals surface area contributed by atoms with Crippen LogP contribution in [-0.2, 0) is 0 Å². The van der Waals surface area contributed by atoms with E-state index in [0.29, 0.717) is 21.3 Å². The van der Waals surface area contributed by atoms with E-state index in [1.807, 2.05) is 37.3 Å². The van der Waals surface area contributed by atoms with Crippen LogP contribution in [0.4, 0.5) is 5.82 Å². The molecule has 1 amide bonds. The Morgan fingerprint density at radius 2 is 2.00 bits per heavy atom. The predicted octanol–water partition coefficient (Wildman–Crippen LogP) is 2.35. The van der Waals surface area contributed by atoms with Crippen molar-refractivity contribution in [2.45, 2.75) is 19.9 Å². The molecule has 1 unspecified atom stereocenters. The Morgan fingerprint density at radius 1 is 1.29 bits per heavy atom. The summed E-state index contributed by atoms with van der Waals surface area (Å²) < 4.78 is 0. The number of carbonyl (C=O) groups excluding carboxylic acids is 1. The third kappa shape index (κ3) is 2.95. The molecule has 7 heteroatoms. The number of carbonyl (C=O) groups is 1. The Labute approximate surface area is 143 Å². The Bertz CT molecular complexity index is 892. The summed E-state index contributed by atoms with van der Waals surface area (Å²) in [7, 11) is 0. The number of aliphatic hydroxyl groups is 1. The summed E-state index contributed by atoms with van der Waals surface area (Å²) in [4.78, 5) is 22.4. The fourth-order valence-electron chi connectivity index (χ4n) is 2.64. The number of aliphatic hydroxyl groups excluding tert-OH is 1. The van der Waals surface area contributed by atoms with Crippen molar-refractivity contribution in [1.29, 1.82) is 0 Å². The van der Waals surface area contributed by atoms with E-state index in [0.717, 1.165) is 16.5 Å². The van der Waals surface area contributed by atoms with Gasteiger partial charge in [0, 0.05) is 0 Å². The van der Waals surface area contributed by atoms with Crippen LogP contribution < -0.4 is 11.1 Å². The molecule has 2 aromatic heterocycles. The molecule has 1 aromatic carbocycles.